The Morgan fingerprint density at radius 3 is 2.69 bits per heavy atom. The highest BCUT2D eigenvalue weighted by Gasteiger charge is 2.49. The van der Waals surface area contributed by atoms with Crippen molar-refractivity contribution in [1.82, 2.24) is 19.8 Å². The Hall–Kier alpha value is -4.62. The number of rotatable bonds is 6. The zero-order valence-electron chi connectivity index (χ0n) is 27.7. The first-order valence-electron chi connectivity index (χ1n) is 16.4. The molecule has 51 heavy (non-hydrogen) atoms. The van der Waals surface area contributed by atoms with Gasteiger partial charge in [0.05, 0.1) is 27.4 Å². The van der Waals surface area contributed by atoms with Crippen LogP contribution in [-0.2, 0) is 11.0 Å². The summed E-state index contributed by atoms with van der Waals surface area (Å²) in [4.78, 5) is 30.1. The van der Waals surface area contributed by atoms with Crippen LogP contribution in [0.4, 0.5) is 42.8 Å². The molecule has 2 aromatic heterocycles. The molecule has 16 heteroatoms. The number of nitrogen functional groups attached to an aromatic ring is 1. The van der Waals surface area contributed by atoms with E-state index in [-0.39, 0.29) is 82.1 Å². The van der Waals surface area contributed by atoms with Gasteiger partial charge >= 0.3 is 12.2 Å². The number of piperazine rings is 1. The molecule has 0 aliphatic carbocycles. The fraction of sp³-hybridized carbons (Fsp3) is 0.429. The third-order valence-corrected chi connectivity index (χ3v) is 11.3. The SMILES string of the molecule is [C-]#[N+]c1c(N)sc2c(F)ccc(-c3c(C(F)(F)F)cc4c(N5C[C@@H](C)N(C(=O)C=C)C[C@@H]5C)nc(OC[C@]56CCCN5C[C@@H](F)C6)nc4c3F)c12. The van der Waals surface area contributed by atoms with Crippen LogP contribution in [0.25, 0.3) is 37.0 Å². The summed E-state index contributed by atoms with van der Waals surface area (Å²) in [6, 6.07) is 1.42. The molecule has 7 rings (SSSR count). The number of ether oxygens (including phenoxy) is 1. The van der Waals surface area contributed by atoms with Gasteiger partial charge in [-0.05, 0) is 57.0 Å². The van der Waals surface area contributed by atoms with E-state index in [1.54, 1.807) is 23.6 Å². The molecular weight excluding hydrogens is 696 g/mol. The number of hydrogen-bond donors (Lipinski definition) is 1. The van der Waals surface area contributed by atoms with E-state index in [1.165, 1.54) is 6.08 Å². The molecule has 1 amide bonds. The Kier molecular flexibility index (Phi) is 8.57. The maximum absolute atomic E-state index is 17.2. The quantitative estimate of drug-likeness (QED) is 0.125. The Morgan fingerprint density at radius 2 is 1.98 bits per heavy atom. The average Bonchev–Trinajstić information content (AvgIpc) is 3.73. The molecule has 0 bridgehead atoms. The minimum atomic E-state index is -5.12. The molecular formula is C35H33F6N7O2S. The van der Waals surface area contributed by atoms with Gasteiger partial charge < -0.3 is 20.3 Å². The van der Waals surface area contributed by atoms with Crippen LogP contribution in [0.3, 0.4) is 0 Å². The minimum Gasteiger partial charge on any atom is -0.461 e. The largest absolute Gasteiger partial charge is 0.461 e. The smallest absolute Gasteiger partial charge is 0.417 e. The Labute approximate surface area is 293 Å². The summed E-state index contributed by atoms with van der Waals surface area (Å²) in [5.74, 6) is -2.57. The first kappa shape index (κ1) is 34.8. The topological polar surface area (TPSA) is 92.2 Å². The molecule has 9 nitrogen and oxygen atoms in total. The van der Waals surface area contributed by atoms with Crippen molar-refractivity contribution in [2.75, 3.05) is 43.4 Å². The van der Waals surface area contributed by atoms with Crippen molar-refractivity contribution in [2.45, 2.75) is 63.1 Å². The number of fused-ring (bicyclic) bond motifs is 3. The van der Waals surface area contributed by atoms with Crippen molar-refractivity contribution in [3.8, 4) is 17.1 Å². The molecule has 3 aliphatic heterocycles. The first-order valence-corrected chi connectivity index (χ1v) is 17.2. The summed E-state index contributed by atoms with van der Waals surface area (Å²) >= 11 is 0.683. The Morgan fingerprint density at radius 1 is 1.22 bits per heavy atom. The lowest BCUT2D eigenvalue weighted by atomic mass is 9.93. The van der Waals surface area contributed by atoms with Gasteiger partial charge in [0.15, 0.2) is 5.82 Å². The van der Waals surface area contributed by atoms with Gasteiger partial charge in [0.1, 0.15) is 29.9 Å². The predicted molar refractivity (Wildman–Crippen MR) is 183 cm³/mol. The monoisotopic (exact) mass is 729 g/mol. The van der Waals surface area contributed by atoms with Crippen LogP contribution < -0.4 is 15.4 Å². The van der Waals surface area contributed by atoms with Gasteiger partial charge in [-0.25, -0.2) is 18.0 Å². The van der Waals surface area contributed by atoms with Crippen molar-refractivity contribution in [3.63, 3.8) is 0 Å². The molecule has 0 unspecified atom stereocenters. The number of halogens is 6. The van der Waals surface area contributed by atoms with Gasteiger partial charge in [0, 0.05) is 54.5 Å². The summed E-state index contributed by atoms with van der Waals surface area (Å²) < 4.78 is 97.7. The van der Waals surface area contributed by atoms with Gasteiger partial charge in [0.25, 0.3) is 0 Å². The van der Waals surface area contributed by atoms with Crippen LogP contribution in [0.5, 0.6) is 6.01 Å². The number of thiophene rings is 1. The number of hydrogen-bond acceptors (Lipinski definition) is 8. The molecule has 3 saturated heterocycles. The first-order chi connectivity index (χ1) is 24.2. The summed E-state index contributed by atoms with van der Waals surface area (Å²) in [7, 11) is 0. The Balaban J connectivity index is 1.46. The third kappa shape index (κ3) is 5.70. The van der Waals surface area contributed by atoms with E-state index in [9.17, 15) is 13.6 Å². The number of aromatic nitrogens is 2. The fourth-order valence-electron chi connectivity index (χ4n) is 7.95. The van der Waals surface area contributed by atoms with Crippen LogP contribution in [0.1, 0.15) is 38.7 Å². The summed E-state index contributed by atoms with van der Waals surface area (Å²) in [6.45, 7) is 15.9. The van der Waals surface area contributed by atoms with E-state index >= 15 is 17.6 Å². The number of carbonyl (C=O) groups is 1. The van der Waals surface area contributed by atoms with E-state index in [2.05, 4.69) is 21.4 Å². The zero-order valence-corrected chi connectivity index (χ0v) is 28.5. The molecule has 5 heterocycles. The maximum Gasteiger partial charge on any atom is 0.417 e. The number of amides is 1. The van der Waals surface area contributed by atoms with Gasteiger partial charge in [-0.2, -0.15) is 23.1 Å². The second-order valence-corrected chi connectivity index (χ2v) is 14.5. The van der Waals surface area contributed by atoms with Crippen molar-refractivity contribution < 1.29 is 35.9 Å². The molecule has 3 aliphatic rings. The van der Waals surface area contributed by atoms with Gasteiger partial charge in [-0.1, -0.05) is 12.6 Å². The van der Waals surface area contributed by atoms with Crippen LogP contribution >= 0.6 is 11.3 Å². The van der Waals surface area contributed by atoms with Gasteiger partial charge in [-0.15, -0.1) is 11.3 Å². The molecule has 2 aromatic carbocycles. The standard InChI is InChI=1S/C35H33F6N7O2S/c1-5-24(49)47-13-18(3)48(14-17(47)2)32-21-11-22(35(39,40)41)25(20-7-8-23(37)30-26(20)29(43-4)31(42)51-30)27(38)28(21)44-33(45-32)50-16-34-9-6-10-46(34)15-19(36)12-34/h5,7-8,11,17-19H,1,6,9-10,12-16,42H2,2-3H3/t17-,18+,19+,34-/m1/s1. The van der Waals surface area contributed by atoms with E-state index in [1.807, 2.05) is 4.90 Å². The van der Waals surface area contributed by atoms with E-state index in [0.717, 1.165) is 24.6 Å². The lowest BCUT2D eigenvalue weighted by Gasteiger charge is -2.44. The molecule has 4 atom stereocenters. The normalized spacial score (nSPS) is 23.9. The van der Waals surface area contributed by atoms with Crippen LogP contribution in [0, 0.1) is 18.2 Å². The fourth-order valence-corrected chi connectivity index (χ4v) is 8.89. The second kappa shape index (κ2) is 12.6. The zero-order chi connectivity index (χ0) is 36.6. The lowest BCUT2D eigenvalue weighted by molar-refractivity contribution is -0.137. The van der Waals surface area contributed by atoms with Crippen LogP contribution in [0.2, 0.25) is 0 Å². The lowest BCUT2D eigenvalue weighted by Crippen LogP contribution is -2.58. The van der Waals surface area contributed by atoms with E-state index in [4.69, 9.17) is 17.0 Å². The molecule has 0 saturated carbocycles. The van der Waals surface area contributed by atoms with E-state index in [0.29, 0.717) is 24.3 Å². The molecule has 4 aromatic rings. The predicted octanol–water partition coefficient (Wildman–Crippen LogP) is 7.51. The van der Waals surface area contributed by atoms with Crippen molar-refractivity contribution in [1.29, 1.82) is 0 Å². The molecule has 3 fully saturated rings. The summed E-state index contributed by atoms with van der Waals surface area (Å²) in [5.41, 5.74) is 1.86. The second-order valence-electron chi connectivity index (χ2n) is 13.5. The molecule has 0 radical (unpaired) electrons. The van der Waals surface area contributed by atoms with Crippen LogP contribution in [0.15, 0.2) is 30.9 Å². The molecule has 2 N–H and O–H groups in total. The van der Waals surface area contributed by atoms with Crippen LogP contribution in [-0.4, -0.2) is 82.3 Å². The van der Waals surface area contributed by atoms with Crippen molar-refractivity contribution in [2.24, 2.45) is 0 Å². The molecule has 0 spiro atoms. The molecule has 268 valence electrons. The number of anilines is 2. The van der Waals surface area contributed by atoms with Crippen molar-refractivity contribution >= 4 is 54.7 Å². The highest BCUT2D eigenvalue weighted by Crippen LogP contribution is 2.51. The average molecular weight is 730 g/mol. The number of benzene rings is 2. The third-order valence-electron chi connectivity index (χ3n) is 10.3. The van der Waals surface area contributed by atoms with Gasteiger partial charge in [0.2, 0.25) is 11.6 Å². The summed E-state index contributed by atoms with van der Waals surface area (Å²) in [5, 5.41) is -0.631. The van der Waals surface area contributed by atoms with E-state index < -0.39 is 58.2 Å². The number of nitrogens with zero attached hydrogens (tertiary/aromatic N) is 6. The van der Waals surface area contributed by atoms with Crippen molar-refractivity contribution in [3.05, 3.63) is 59.5 Å². The maximum atomic E-state index is 17.2. The Bertz CT molecular complexity index is 2130. The number of nitrogens with two attached hydrogens (primary N) is 1. The highest BCUT2D eigenvalue weighted by molar-refractivity contribution is 7.23. The summed E-state index contributed by atoms with van der Waals surface area (Å²) in [6.07, 6.45) is -3.29. The highest BCUT2D eigenvalue weighted by atomic mass is 32.1. The van der Waals surface area contributed by atoms with Gasteiger partial charge in [-0.3, -0.25) is 9.69 Å². The minimum absolute atomic E-state index is 0.0256. The number of alkyl halides is 4. The number of carbonyl (C=O) groups excluding carboxylic acids is 1.